The fourth-order valence-corrected chi connectivity index (χ4v) is 2.75. The van der Waals surface area contributed by atoms with Crippen molar-refractivity contribution in [1.29, 1.82) is 0 Å². The Labute approximate surface area is 163 Å². The van der Waals surface area contributed by atoms with Crippen molar-refractivity contribution in [2.24, 2.45) is 0 Å². The van der Waals surface area contributed by atoms with Crippen LogP contribution in [0, 0.1) is 13.8 Å². The summed E-state index contributed by atoms with van der Waals surface area (Å²) in [5.74, 6) is 1.26. The van der Waals surface area contributed by atoms with Gasteiger partial charge in [-0.05, 0) is 43.7 Å². The van der Waals surface area contributed by atoms with Crippen molar-refractivity contribution in [3.8, 4) is 5.75 Å². The van der Waals surface area contributed by atoms with Gasteiger partial charge < -0.3 is 20.1 Å². The van der Waals surface area contributed by atoms with Crippen LogP contribution < -0.4 is 15.4 Å². The molecule has 0 saturated carbocycles. The Kier molecular flexibility index (Phi) is 5.74. The van der Waals surface area contributed by atoms with E-state index in [1.807, 2.05) is 44.2 Å². The van der Waals surface area contributed by atoms with Crippen LogP contribution >= 0.6 is 0 Å². The second-order valence-electron chi connectivity index (χ2n) is 6.21. The number of carbonyl (C=O) groups is 1. The number of anilines is 4. The van der Waals surface area contributed by atoms with Gasteiger partial charge in [-0.25, -0.2) is 9.78 Å². The molecule has 3 rings (SSSR count). The van der Waals surface area contributed by atoms with E-state index in [4.69, 9.17) is 9.47 Å². The predicted octanol–water partition coefficient (Wildman–Crippen LogP) is 4.38. The number of aryl methyl sites for hydroxylation is 2. The molecule has 7 nitrogen and oxygen atoms in total. The van der Waals surface area contributed by atoms with Crippen molar-refractivity contribution in [2.45, 2.75) is 13.8 Å². The Balaban J connectivity index is 1.91. The lowest BCUT2D eigenvalue weighted by Gasteiger charge is -2.14. The van der Waals surface area contributed by atoms with Gasteiger partial charge in [0.15, 0.2) is 0 Å². The minimum atomic E-state index is -0.432. The summed E-state index contributed by atoms with van der Waals surface area (Å²) < 4.78 is 10.2. The van der Waals surface area contributed by atoms with Gasteiger partial charge in [0.25, 0.3) is 0 Å². The highest BCUT2D eigenvalue weighted by Crippen LogP contribution is 2.29. The maximum Gasteiger partial charge on any atom is 0.339 e. The Morgan fingerprint density at radius 3 is 2.46 bits per heavy atom. The van der Waals surface area contributed by atoms with E-state index in [9.17, 15) is 4.79 Å². The molecule has 0 fully saturated rings. The van der Waals surface area contributed by atoms with E-state index in [0.717, 1.165) is 16.9 Å². The number of carbonyl (C=O) groups excluding carboxylic acids is 1. The van der Waals surface area contributed by atoms with Crippen molar-refractivity contribution in [1.82, 2.24) is 9.97 Å². The van der Waals surface area contributed by atoms with Crippen LogP contribution in [-0.4, -0.2) is 30.2 Å². The van der Waals surface area contributed by atoms with E-state index in [0.29, 0.717) is 28.8 Å². The molecule has 2 N–H and O–H groups in total. The first-order valence-corrected chi connectivity index (χ1v) is 8.72. The Bertz CT molecular complexity index is 1000. The normalized spacial score (nSPS) is 10.3. The van der Waals surface area contributed by atoms with Crippen molar-refractivity contribution in [2.75, 3.05) is 24.9 Å². The molecule has 1 heterocycles. The van der Waals surface area contributed by atoms with Gasteiger partial charge in [0.1, 0.15) is 11.6 Å². The monoisotopic (exact) mass is 378 g/mol. The number of nitrogens with zero attached hydrogens (tertiary/aromatic N) is 2. The lowest BCUT2D eigenvalue weighted by atomic mass is 10.2. The lowest BCUT2D eigenvalue weighted by molar-refractivity contribution is 0.0602. The van der Waals surface area contributed by atoms with Gasteiger partial charge in [0, 0.05) is 11.8 Å². The molecule has 0 unspecified atom stereocenters. The quantitative estimate of drug-likeness (QED) is 0.616. The third kappa shape index (κ3) is 4.37. The fourth-order valence-electron chi connectivity index (χ4n) is 2.75. The average Bonchev–Trinajstić information content (AvgIpc) is 2.67. The summed E-state index contributed by atoms with van der Waals surface area (Å²) in [5, 5.41) is 6.37. The molecule has 0 radical (unpaired) electrons. The molecule has 2 aromatic carbocycles. The zero-order valence-corrected chi connectivity index (χ0v) is 16.2. The van der Waals surface area contributed by atoms with E-state index in [1.54, 1.807) is 25.3 Å². The highest BCUT2D eigenvalue weighted by Gasteiger charge is 2.13. The molecule has 0 atom stereocenters. The maximum atomic E-state index is 12.0. The average molecular weight is 378 g/mol. The summed E-state index contributed by atoms with van der Waals surface area (Å²) in [5.41, 5.74) is 3.65. The number of benzene rings is 2. The minimum absolute atomic E-state index is 0.366. The largest absolute Gasteiger partial charge is 0.495 e. The summed E-state index contributed by atoms with van der Waals surface area (Å²) in [4.78, 5) is 20.9. The van der Waals surface area contributed by atoms with Crippen molar-refractivity contribution >= 4 is 29.1 Å². The molecule has 1 aromatic heterocycles. The summed E-state index contributed by atoms with van der Waals surface area (Å²) in [6.45, 7) is 3.88. The van der Waals surface area contributed by atoms with Crippen LogP contribution in [0.3, 0.4) is 0 Å². The van der Waals surface area contributed by atoms with Crippen LogP contribution in [0.5, 0.6) is 5.75 Å². The summed E-state index contributed by atoms with van der Waals surface area (Å²) >= 11 is 0. The van der Waals surface area contributed by atoms with E-state index < -0.39 is 5.97 Å². The van der Waals surface area contributed by atoms with Crippen molar-refractivity contribution in [3.05, 3.63) is 65.4 Å². The van der Waals surface area contributed by atoms with Crippen LogP contribution in [0.1, 0.15) is 21.6 Å². The fraction of sp³-hybridized carbons (Fsp3) is 0.190. The smallest absolute Gasteiger partial charge is 0.339 e. The second kappa shape index (κ2) is 8.39. The van der Waals surface area contributed by atoms with Crippen LogP contribution in [0.4, 0.5) is 23.1 Å². The zero-order chi connectivity index (χ0) is 20.1. The van der Waals surface area contributed by atoms with Gasteiger partial charge in [0.2, 0.25) is 5.95 Å². The van der Waals surface area contributed by atoms with Gasteiger partial charge in [0.05, 0.1) is 31.2 Å². The molecule has 0 bridgehead atoms. The lowest BCUT2D eigenvalue weighted by Crippen LogP contribution is -2.08. The van der Waals surface area contributed by atoms with E-state index >= 15 is 0 Å². The number of methoxy groups -OCH3 is 2. The van der Waals surface area contributed by atoms with Gasteiger partial charge in [-0.1, -0.05) is 18.2 Å². The van der Waals surface area contributed by atoms with Gasteiger partial charge >= 0.3 is 5.97 Å². The molecule has 0 spiro atoms. The second-order valence-corrected chi connectivity index (χ2v) is 6.21. The zero-order valence-electron chi connectivity index (χ0n) is 16.2. The molecule has 144 valence electrons. The molecule has 3 aromatic rings. The van der Waals surface area contributed by atoms with Crippen LogP contribution in [0.15, 0.2) is 48.5 Å². The summed E-state index contributed by atoms with van der Waals surface area (Å²) in [6, 6.07) is 14.7. The summed E-state index contributed by atoms with van der Waals surface area (Å²) in [7, 11) is 2.97. The van der Waals surface area contributed by atoms with Crippen LogP contribution in [-0.2, 0) is 4.74 Å². The molecular formula is C21H22N4O3. The Morgan fingerprint density at radius 2 is 1.71 bits per heavy atom. The topological polar surface area (TPSA) is 85.4 Å². The number of aromatic nitrogens is 2. The first-order valence-electron chi connectivity index (χ1n) is 8.72. The van der Waals surface area contributed by atoms with Gasteiger partial charge in [-0.2, -0.15) is 4.98 Å². The molecule has 0 aliphatic heterocycles. The predicted molar refractivity (Wildman–Crippen MR) is 109 cm³/mol. The number of para-hydroxylation sites is 1. The Morgan fingerprint density at radius 1 is 0.929 bits per heavy atom. The molecule has 28 heavy (non-hydrogen) atoms. The Hall–Kier alpha value is -3.61. The third-order valence-corrected chi connectivity index (χ3v) is 4.05. The number of hydrogen-bond donors (Lipinski definition) is 2. The van der Waals surface area contributed by atoms with Gasteiger partial charge in [-0.3, -0.25) is 0 Å². The van der Waals surface area contributed by atoms with Crippen LogP contribution in [0.25, 0.3) is 0 Å². The first-order chi connectivity index (χ1) is 13.5. The number of ether oxygens (including phenoxy) is 2. The maximum absolute atomic E-state index is 12.0. The summed E-state index contributed by atoms with van der Waals surface area (Å²) in [6.07, 6.45) is 0. The number of hydrogen-bond acceptors (Lipinski definition) is 7. The molecular weight excluding hydrogens is 356 g/mol. The van der Waals surface area contributed by atoms with Crippen molar-refractivity contribution < 1.29 is 14.3 Å². The van der Waals surface area contributed by atoms with Gasteiger partial charge in [-0.15, -0.1) is 0 Å². The molecule has 0 aliphatic rings. The SMILES string of the molecule is COC(=O)c1ccccc1Nc1nc(C)cc(Nc2cc(C)ccc2OC)n1. The first kappa shape index (κ1) is 19.2. The standard InChI is InChI=1S/C21H22N4O3/c1-13-9-10-18(27-3)17(11-13)23-19-12-14(2)22-21(25-19)24-16-8-6-5-7-15(16)20(26)28-4/h5-12H,1-4H3,(H2,22,23,24,25). The molecule has 0 amide bonds. The number of esters is 1. The minimum Gasteiger partial charge on any atom is -0.495 e. The molecule has 7 heteroatoms. The number of nitrogens with one attached hydrogen (secondary N) is 2. The molecule has 0 saturated heterocycles. The van der Waals surface area contributed by atoms with Crippen LogP contribution in [0.2, 0.25) is 0 Å². The van der Waals surface area contributed by atoms with E-state index in [-0.39, 0.29) is 0 Å². The van der Waals surface area contributed by atoms with E-state index in [2.05, 4.69) is 20.6 Å². The number of rotatable bonds is 6. The third-order valence-electron chi connectivity index (χ3n) is 4.05. The molecule has 0 aliphatic carbocycles. The van der Waals surface area contributed by atoms with E-state index in [1.165, 1.54) is 7.11 Å². The van der Waals surface area contributed by atoms with Crippen molar-refractivity contribution in [3.63, 3.8) is 0 Å². The highest BCUT2D eigenvalue weighted by atomic mass is 16.5. The highest BCUT2D eigenvalue weighted by molar-refractivity contribution is 5.96.